The number of nitrogens with one attached hydrogen (secondary N) is 1. The second kappa shape index (κ2) is 7.75. The molecule has 2 rings (SSSR count). The predicted molar refractivity (Wildman–Crippen MR) is 75.6 cm³/mol. The predicted octanol–water partition coefficient (Wildman–Crippen LogP) is -1.18. The van der Waals surface area contributed by atoms with E-state index in [2.05, 4.69) is 10.3 Å². The van der Waals surface area contributed by atoms with Gasteiger partial charge in [0.25, 0.3) is 5.91 Å². The smallest absolute Gasteiger partial charge is 0.271 e. The number of morpholine rings is 1. The molecule has 0 radical (unpaired) electrons. The van der Waals surface area contributed by atoms with Crippen LogP contribution in [0.3, 0.4) is 0 Å². The van der Waals surface area contributed by atoms with Gasteiger partial charge in [-0.1, -0.05) is 0 Å². The molecule has 8 nitrogen and oxygen atoms in total. The number of imidazole rings is 1. The summed E-state index contributed by atoms with van der Waals surface area (Å²) in [6.45, 7) is 3.82. The van der Waals surface area contributed by atoms with Crippen molar-refractivity contribution in [2.75, 3.05) is 39.4 Å². The Kier molecular flexibility index (Phi) is 5.70. The van der Waals surface area contributed by atoms with E-state index in [1.165, 1.54) is 0 Å². The van der Waals surface area contributed by atoms with Crippen LogP contribution in [-0.2, 0) is 16.1 Å². The molecule has 1 aliphatic rings. The van der Waals surface area contributed by atoms with Crippen molar-refractivity contribution in [2.24, 2.45) is 5.73 Å². The molecule has 0 aromatic carbocycles. The Morgan fingerprint density at radius 3 is 2.86 bits per heavy atom. The van der Waals surface area contributed by atoms with Crippen LogP contribution in [0.15, 0.2) is 12.5 Å². The van der Waals surface area contributed by atoms with Gasteiger partial charge >= 0.3 is 0 Å². The Bertz CT molecular complexity index is 482. The Morgan fingerprint density at radius 1 is 1.38 bits per heavy atom. The SMILES string of the molecule is NCCn1cnc(C(=O)NCCC(=O)N2CCOCC2)c1. The van der Waals surface area contributed by atoms with E-state index in [0.29, 0.717) is 51.6 Å². The Balaban J connectivity index is 1.71. The van der Waals surface area contributed by atoms with Gasteiger partial charge in [0.15, 0.2) is 0 Å². The number of amides is 2. The quantitative estimate of drug-likeness (QED) is 0.688. The van der Waals surface area contributed by atoms with Gasteiger partial charge in [-0.25, -0.2) is 4.98 Å². The number of rotatable bonds is 6. The van der Waals surface area contributed by atoms with Gasteiger partial charge in [0, 0.05) is 45.3 Å². The third-order valence-corrected chi connectivity index (χ3v) is 3.24. The summed E-state index contributed by atoms with van der Waals surface area (Å²) >= 11 is 0. The topological polar surface area (TPSA) is 102 Å². The molecular weight excluding hydrogens is 274 g/mol. The maximum absolute atomic E-state index is 11.9. The van der Waals surface area contributed by atoms with Gasteiger partial charge in [0.05, 0.1) is 19.5 Å². The van der Waals surface area contributed by atoms with E-state index in [4.69, 9.17) is 10.5 Å². The zero-order chi connectivity index (χ0) is 15.1. The number of nitrogens with zero attached hydrogens (tertiary/aromatic N) is 3. The average molecular weight is 295 g/mol. The van der Waals surface area contributed by atoms with Gasteiger partial charge in [0.1, 0.15) is 5.69 Å². The zero-order valence-electron chi connectivity index (χ0n) is 12.0. The summed E-state index contributed by atoms with van der Waals surface area (Å²) in [6.07, 6.45) is 3.50. The minimum Gasteiger partial charge on any atom is -0.378 e. The molecule has 0 spiro atoms. The van der Waals surface area contributed by atoms with Gasteiger partial charge in [0.2, 0.25) is 5.91 Å². The highest BCUT2D eigenvalue weighted by Gasteiger charge is 2.17. The van der Waals surface area contributed by atoms with Crippen molar-refractivity contribution in [2.45, 2.75) is 13.0 Å². The third-order valence-electron chi connectivity index (χ3n) is 3.24. The molecule has 1 aromatic rings. The van der Waals surface area contributed by atoms with Crippen molar-refractivity contribution >= 4 is 11.8 Å². The minimum absolute atomic E-state index is 0.0345. The average Bonchev–Trinajstić information content (AvgIpc) is 2.97. The molecule has 21 heavy (non-hydrogen) atoms. The van der Waals surface area contributed by atoms with E-state index in [9.17, 15) is 9.59 Å². The van der Waals surface area contributed by atoms with E-state index in [1.54, 1.807) is 22.0 Å². The van der Waals surface area contributed by atoms with Crippen LogP contribution < -0.4 is 11.1 Å². The first kappa shape index (κ1) is 15.5. The summed E-state index contributed by atoms with van der Waals surface area (Å²) in [6, 6.07) is 0. The van der Waals surface area contributed by atoms with Crippen LogP contribution in [0.25, 0.3) is 0 Å². The molecule has 2 amide bonds. The first-order valence-corrected chi connectivity index (χ1v) is 7.06. The fraction of sp³-hybridized carbons (Fsp3) is 0.615. The first-order chi connectivity index (χ1) is 10.2. The molecule has 8 heteroatoms. The lowest BCUT2D eigenvalue weighted by Gasteiger charge is -2.26. The van der Waals surface area contributed by atoms with Crippen LogP contribution >= 0.6 is 0 Å². The monoisotopic (exact) mass is 295 g/mol. The van der Waals surface area contributed by atoms with Crippen LogP contribution in [0.5, 0.6) is 0 Å². The van der Waals surface area contributed by atoms with E-state index in [-0.39, 0.29) is 18.2 Å². The third kappa shape index (κ3) is 4.54. The molecule has 1 fully saturated rings. The molecule has 0 saturated carbocycles. The standard InChI is InChI=1S/C13H21N5O3/c14-2-4-17-9-11(16-10-17)13(20)15-3-1-12(19)18-5-7-21-8-6-18/h9-10H,1-8,14H2,(H,15,20). The summed E-state index contributed by atoms with van der Waals surface area (Å²) in [5.41, 5.74) is 5.77. The highest BCUT2D eigenvalue weighted by atomic mass is 16.5. The Labute approximate surface area is 123 Å². The van der Waals surface area contributed by atoms with Crippen LogP contribution in [0.1, 0.15) is 16.9 Å². The summed E-state index contributed by atoms with van der Waals surface area (Å²) in [4.78, 5) is 29.5. The van der Waals surface area contributed by atoms with E-state index in [0.717, 1.165) is 0 Å². The van der Waals surface area contributed by atoms with Crippen molar-refractivity contribution in [3.8, 4) is 0 Å². The minimum atomic E-state index is -0.277. The van der Waals surface area contributed by atoms with Crippen LogP contribution in [0.2, 0.25) is 0 Å². The van der Waals surface area contributed by atoms with Gasteiger partial charge in [-0.05, 0) is 0 Å². The molecule has 3 N–H and O–H groups in total. The Morgan fingerprint density at radius 2 is 2.14 bits per heavy atom. The van der Waals surface area contributed by atoms with Crippen molar-refractivity contribution in [3.63, 3.8) is 0 Å². The lowest BCUT2D eigenvalue weighted by Crippen LogP contribution is -2.42. The fourth-order valence-electron chi connectivity index (χ4n) is 2.09. The van der Waals surface area contributed by atoms with Gasteiger partial charge in [-0.15, -0.1) is 0 Å². The highest BCUT2D eigenvalue weighted by molar-refractivity contribution is 5.92. The molecule has 1 aliphatic heterocycles. The van der Waals surface area contributed by atoms with Crippen LogP contribution in [0.4, 0.5) is 0 Å². The first-order valence-electron chi connectivity index (χ1n) is 7.06. The molecular formula is C13H21N5O3. The number of carbonyl (C=O) groups excluding carboxylic acids is 2. The lowest BCUT2D eigenvalue weighted by molar-refractivity contribution is -0.135. The maximum Gasteiger partial charge on any atom is 0.271 e. The van der Waals surface area contributed by atoms with Gasteiger partial charge in [-0.3, -0.25) is 9.59 Å². The number of ether oxygens (including phenoxy) is 1. The highest BCUT2D eigenvalue weighted by Crippen LogP contribution is 2.00. The molecule has 2 heterocycles. The summed E-state index contributed by atoms with van der Waals surface area (Å²) in [7, 11) is 0. The number of carbonyl (C=O) groups is 2. The molecule has 0 aliphatic carbocycles. The summed E-state index contributed by atoms with van der Waals surface area (Å²) < 4.78 is 6.95. The summed E-state index contributed by atoms with van der Waals surface area (Å²) in [5.74, 6) is -0.243. The van der Waals surface area contributed by atoms with E-state index < -0.39 is 0 Å². The van der Waals surface area contributed by atoms with Gasteiger partial charge < -0.3 is 25.3 Å². The molecule has 0 bridgehead atoms. The molecule has 1 aromatic heterocycles. The fourth-order valence-corrected chi connectivity index (χ4v) is 2.09. The maximum atomic E-state index is 11.9. The van der Waals surface area contributed by atoms with Crippen LogP contribution in [0, 0.1) is 0 Å². The molecule has 0 unspecified atom stereocenters. The van der Waals surface area contributed by atoms with E-state index in [1.807, 2.05) is 0 Å². The van der Waals surface area contributed by atoms with Crippen molar-refractivity contribution < 1.29 is 14.3 Å². The van der Waals surface area contributed by atoms with Crippen molar-refractivity contribution in [1.82, 2.24) is 19.8 Å². The second-order valence-electron chi connectivity index (χ2n) is 4.78. The molecule has 1 saturated heterocycles. The number of hydrogen-bond acceptors (Lipinski definition) is 5. The normalized spacial score (nSPS) is 15.0. The number of hydrogen-bond donors (Lipinski definition) is 2. The number of aromatic nitrogens is 2. The number of nitrogens with two attached hydrogens (primary N) is 1. The zero-order valence-corrected chi connectivity index (χ0v) is 12.0. The molecule has 116 valence electrons. The van der Waals surface area contributed by atoms with Crippen molar-refractivity contribution in [1.29, 1.82) is 0 Å². The van der Waals surface area contributed by atoms with E-state index >= 15 is 0 Å². The van der Waals surface area contributed by atoms with Gasteiger partial charge in [-0.2, -0.15) is 0 Å². The molecule has 0 atom stereocenters. The van der Waals surface area contributed by atoms with Crippen molar-refractivity contribution in [3.05, 3.63) is 18.2 Å². The largest absolute Gasteiger partial charge is 0.378 e. The second-order valence-corrected chi connectivity index (χ2v) is 4.78. The Hall–Kier alpha value is -1.93. The lowest BCUT2D eigenvalue weighted by atomic mass is 10.3. The van der Waals surface area contributed by atoms with Crippen LogP contribution in [-0.4, -0.2) is 65.7 Å². The summed E-state index contributed by atoms with van der Waals surface area (Å²) in [5, 5.41) is 2.70.